The molecule has 1 fully saturated rings. The molecular weight excluding hydrogens is 271 g/mol. The summed E-state index contributed by atoms with van der Waals surface area (Å²) in [5.74, 6) is 0. The van der Waals surface area contributed by atoms with Crippen molar-refractivity contribution in [2.45, 2.75) is 18.6 Å². The van der Waals surface area contributed by atoms with Crippen LogP contribution in [0, 0.1) is 11.3 Å². The number of nitrogens with zero attached hydrogens (tertiary/aromatic N) is 2. The van der Waals surface area contributed by atoms with Crippen molar-refractivity contribution >= 4 is 16.9 Å². The first-order valence-electron chi connectivity index (χ1n) is 6.79. The van der Waals surface area contributed by atoms with Gasteiger partial charge < -0.3 is 15.2 Å². The van der Waals surface area contributed by atoms with Gasteiger partial charge in [-0.05, 0) is 11.6 Å². The first kappa shape index (κ1) is 13.4. The van der Waals surface area contributed by atoms with Crippen LogP contribution >= 0.6 is 0 Å². The van der Waals surface area contributed by atoms with Crippen LogP contribution in [-0.2, 0) is 6.54 Å². The molecule has 1 aromatic carbocycles. The van der Waals surface area contributed by atoms with E-state index in [1.807, 2.05) is 30.5 Å². The fourth-order valence-corrected chi connectivity index (χ4v) is 2.60. The number of nitriles is 1. The molecule has 2 amide bonds. The van der Waals surface area contributed by atoms with E-state index >= 15 is 0 Å². The summed E-state index contributed by atoms with van der Waals surface area (Å²) in [4.78, 5) is 16.5. The number of H-pyrrole nitrogens is 1. The summed E-state index contributed by atoms with van der Waals surface area (Å²) >= 11 is 0. The Morgan fingerprint density at radius 1 is 1.52 bits per heavy atom. The van der Waals surface area contributed by atoms with E-state index in [1.54, 1.807) is 6.07 Å². The molecule has 0 spiro atoms. The number of fused-ring (bicyclic) bond motifs is 1. The van der Waals surface area contributed by atoms with Crippen LogP contribution in [0.15, 0.2) is 30.5 Å². The van der Waals surface area contributed by atoms with Crippen molar-refractivity contribution in [1.82, 2.24) is 15.2 Å². The Labute approximate surface area is 121 Å². The number of alkyl halides is 1. The number of rotatable bonds is 2. The lowest BCUT2D eigenvalue weighted by atomic mass is 10.1. The SMILES string of the molecule is N#CC1(F)CCN(C(=O)NCc2c[nH]c3ccccc23)C1. The largest absolute Gasteiger partial charge is 0.361 e. The van der Waals surface area contributed by atoms with Gasteiger partial charge in [-0.15, -0.1) is 0 Å². The molecule has 2 aromatic rings. The number of carbonyl (C=O) groups is 1. The molecule has 1 unspecified atom stereocenters. The highest BCUT2D eigenvalue weighted by Crippen LogP contribution is 2.24. The van der Waals surface area contributed by atoms with E-state index in [2.05, 4.69) is 10.3 Å². The minimum atomic E-state index is -1.90. The minimum Gasteiger partial charge on any atom is -0.361 e. The number of aromatic nitrogens is 1. The fraction of sp³-hybridized carbons (Fsp3) is 0.333. The lowest BCUT2D eigenvalue weighted by Gasteiger charge is -2.17. The molecule has 0 bridgehead atoms. The summed E-state index contributed by atoms with van der Waals surface area (Å²) in [5, 5.41) is 12.6. The van der Waals surface area contributed by atoms with E-state index in [0.717, 1.165) is 16.5 Å². The molecule has 21 heavy (non-hydrogen) atoms. The van der Waals surface area contributed by atoms with Gasteiger partial charge in [0.2, 0.25) is 5.67 Å². The molecule has 0 radical (unpaired) electrons. The molecule has 108 valence electrons. The summed E-state index contributed by atoms with van der Waals surface area (Å²) in [6.45, 7) is 0.470. The van der Waals surface area contributed by atoms with E-state index in [9.17, 15) is 9.18 Å². The van der Waals surface area contributed by atoms with E-state index in [4.69, 9.17) is 5.26 Å². The normalized spacial score (nSPS) is 21.4. The third kappa shape index (κ3) is 2.55. The number of para-hydroxylation sites is 1. The smallest absolute Gasteiger partial charge is 0.317 e. The third-order valence-electron chi connectivity index (χ3n) is 3.81. The van der Waals surface area contributed by atoms with Crippen molar-refractivity contribution in [3.63, 3.8) is 0 Å². The van der Waals surface area contributed by atoms with Crippen molar-refractivity contribution in [2.75, 3.05) is 13.1 Å². The molecule has 1 atom stereocenters. The van der Waals surface area contributed by atoms with Gasteiger partial charge in [-0.3, -0.25) is 0 Å². The van der Waals surface area contributed by atoms with Crippen molar-refractivity contribution in [2.24, 2.45) is 0 Å². The predicted molar refractivity (Wildman–Crippen MR) is 76.2 cm³/mol. The van der Waals surface area contributed by atoms with Crippen molar-refractivity contribution in [3.05, 3.63) is 36.0 Å². The summed E-state index contributed by atoms with van der Waals surface area (Å²) in [7, 11) is 0. The lowest BCUT2D eigenvalue weighted by Crippen LogP contribution is -2.39. The van der Waals surface area contributed by atoms with Crippen molar-refractivity contribution in [3.8, 4) is 6.07 Å². The third-order valence-corrected chi connectivity index (χ3v) is 3.81. The van der Waals surface area contributed by atoms with E-state index < -0.39 is 5.67 Å². The number of hydrogen-bond acceptors (Lipinski definition) is 2. The van der Waals surface area contributed by atoms with Crippen LogP contribution in [0.3, 0.4) is 0 Å². The molecule has 5 nitrogen and oxygen atoms in total. The van der Waals surface area contributed by atoms with Crippen LogP contribution in [0.4, 0.5) is 9.18 Å². The van der Waals surface area contributed by atoms with Gasteiger partial charge in [0.1, 0.15) is 6.07 Å². The Kier molecular flexibility index (Phi) is 3.26. The number of amides is 2. The second-order valence-electron chi connectivity index (χ2n) is 5.27. The van der Waals surface area contributed by atoms with E-state index in [0.29, 0.717) is 6.54 Å². The zero-order valence-corrected chi connectivity index (χ0v) is 11.4. The van der Waals surface area contributed by atoms with Crippen LogP contribution < -0.4 is 5.32 Å². The fourth-order valence-electron chi connectivity index (χ4n) is 2.60. The topological polar surface area (TPSA) is 71.9 Å². The highest BCUT2D eigenvalue weighted by molar-refractivity contribution is 5.83. The van der Waals surface area contributed by atoms with Gasteiger partial charge in [0, 0.05) is 36.6 Å². The Morgan fingerprint density at radius 2 is 2.33 bits per heavy atom. The van der Waals surface area contributed by atoms with E-state index in [-0.39, 0.29) is 25.5 Å². The average molecular weight is 286 g/mol. The maximum absolute atomic E-state index is 13.8. The molecule has 0 saturated carbocycles. The highest BCUT2D eigenvalue weighted by Gasteiger charge is 2.40. The van der Waals surface area contributed by atoms with Gasteiger partial charge in [0.25, 0.3) is 0 Å². The molecule has 1 aliphatic heterocycles. The lowest BCUT2D eigenvalue weighted by molar-refractivity contribution is 0.195. The zero-order valence-electron chi connectivity index (χ0n) is 11.4. The average Bonchev–Trinajstić information content (AvgIpc) is 3.09. The number of benzene rings is 1. The molecule has 1 aliphatic rings. The second kappa shape index (κ2) is 5.09. The molecule has 2 N–H and O–H groups in total. The molecule has 1 saturated heterocycles. The molecule has 1 aromatic heterocycles. The minimum absolute atomic E-state index is 0.0734. The maximum atomic E-state index is 13.8. The molecule has 0 aliphatic carbocycles. The van der Waals surface area contributed by atoms with Gasteiger partial charge in [0.15, 0.2) is 0 Å². The number of halogens is 1. The number of hydrogen-bond donors (Lipinski definition) is 2. The molecule has 2 heterocycles. The number of likely N-dealkylation sites (tertiary alicyclic amines) is 1. The van der Waals surface area contributed by atoms with Gasteiger partial charge in [-0.1, -0.05) is 18.2 Å². The Bertz CT molecular complexity index is 720. The van der Waals surface area contributed by atoms with Crippen molar-refractivity contribution in [1.29, 1.82) is 5.26 Å². The van der Waals surface area contributed by atoms with Crippen LogP contribution in [0.2, 0.25) is 0 Å². The molecular formula is C15H15FN4O. The zero-order chi connectivity index (χ0) is 14.9. The number of carbonyl (C=O) groups excluding carboxylic acids is 1. The predicted octanol–water partition coefficient (Wildman–Crippen LogP) is 2.32. The van der Waals surface area contributed by atoms with Gasteiger partial charge >= 0.3 is 6.03 Å². The first-order chi connectivity index (χ1) is 10.1. The summed E-state index contributed by atoms with van der Waals surface area (Å²) in [5.41, 5.74) is 0.0816. The quantitative estimate of drug-likeness (QED) is 0.889. The maximum Gasteiger partial charge on any atom is 0.317 e. The monoisotopic (exact) mass is 286 g/mol. The summed E-state index contributed by atoms with van der Waals surface area (Å²) in [6, 6.07) is 9.10. The van der Waals surface area contributed by atoms with Gasteiger partial charge in [-0.25, -0.2) is 9.18 Å². The summed E-state index contributed by atoms with van der Waals surface area (Å²) in [6.07, 6.45) is 1.92. The van der Waals surface area contributed by atoms with Crippen LogP contribution in [-0.4, -0.2) is 34.7 Å². The van der Waals surface area contributed by atoms with Gasteiger partial charge in [-0.2, -0.15) is 5.26 Å². The Hall–Kier alpha value is -2.55. The van der Waals surface area contributed by atoms with Crippen LogP contribution in [0.5, 0.6) is 0 Å². The Morgan fingerprint density at radius 3 is 3.10 bits per heavy atom. The summed E-state index contributed by atoms with van der Waals surface area (Å²) < 4.78 is 13.8. The molecule has 6 heteroatoms. The molecule has 3 rings (SSSR count). The van der Waals surface area contributed by atoms with Crippen LogP contribution in [0.1, 0.15) is 12.0 Å². The first-order valence-corrected chi connectivity index (χ1v) is 6.79. The number of nitrogens with one attached hydrogen (secondary N) is 2. The second-order valence-corrected chi connectivity index (χ2v) is 5.27. The van der Waals surface area contributed by atoms with Crippen molar-refractivity contribution < 1.29 is 9.18 Å². The Balaban J connectivity index is 1.63. The van der Waals surface area contributed by atoms with Crippen LogP contribution in [0.25, 0.3) is 10.9 Å². The number of urea groups is 1. The number of aromatic amines is 1. The highest BCUT2D eigenvalue weighted by atomic mass is 19.1. The standard InChI is InChI=1S/C15H15FN4O/c16-15(9-17)5-6-20(10-15)14(21)19-8-11-7-18-13-4-2-1-3-12(11)13/h1-4,7,18H,5-6,8,10H2,(H,19,21). The van der Waals surface area contributed by atoms with Gasteiger partial charge in [0.05, 0.1) is 6.54 Å². The van der Waals surface area contributed by atoms with E-state index in [1.165, 1.54) is 4.90 Å².